The highest BCUT2D eigenvalue weighted by atomic mass is 16.7. The lowest BCUT2D eigenvalue weighted by Crippen LogP contribution is -2.32. The zero-order chi connectivity index (χ0) is 8.81. The van der Waals surface area contributed by atoms with Crippen molar-refractivity contribution in [2.45, 2.75) is 45.0 Å². The molecule has 12 heavy (non-hydrogen) atoms. The lowest BCUT2D eigenvalue weighted by atomic mass is 10.2. The van der Waals surface area contributed by atoms with E-state index in [1.165, 1.54) is 0 Å². The molecule has 0 aromatic carbocycles. The van der Waals surface area contributed by atoms with E-state index >= 15 is 0 Å². The fourth-order valence-corrected chi connectivity index (χ4v) is 1.24. The van der Waals surface area contributed by atoms with Crippen LogP contribution in [0, 0.1) is 0 Å². The Bertz CT molecular complexity index is 136. The van der Waals surface area contributed by atoms with Gasteiger partial charge in [0.2, 0.25) is 0 Å². The van der Waals surface area contributed by atoms with E-state index in [9.17, 15) is 4.79 Å². The van der Waals surface area contributed by atoms with Crippen LogP contribution < -0.4 is 0 Å². The average Bonchev–Trinajstić information content (AvgIpc) is 2.15. The van der Waals surface area contributed by atoms with E-state index in [0.29, 0.717) is 13.0 Å². The first-order chi connectivity index (χ1) is 5.86. The van der Waals surface area contributed by atoms with Crippen LogP contribution in [0.25, 0.3) is 0 Å². The van der Waals surface area contributed by atoms with Crippen molar-refractivity contribution >= 4 is 6.29 Å². The maximum absolute atomic E-state index is 10.4. The molecule has 0 saturated carbocycles. The van der Waals surface area contributed by atoms with Gasteiger partial charge in [-0.2, -0.15) is 0 Å². The second-order valence-corrected chi connectivity index (χ2v) is 3.04. The molecule has 2 atom stereocenters. The van der Waals surface area contributed by atoms with Crippen LogP contribution in [0.3, 0.4) is 0 Å². The number of hydrogen-bond donors (Lipinski definition) is 0. The Morgan fingerprint density at radius 2 is 2.42 bits per heavy atom. The third kappa shape index (κ3) is 2.91. The van der Waals surface area contributed by atoms with Gasteiger partial charge in [0.05, 0.1) is 6.61 Å². The number of rotatable bonds is 4. The van der Waals surface area contributed by atoms with Gasteiger partial charge in [0, 0.05) is 6.42 Å². The summed E-state index contributed by atoms with van der Waals surface area (Å²) in [7, 11) is 0. The van der Waals surface area contributed by atoms with Crippen molar-refractivity contribution in [1.82, 2.24) is 0 Å². The quantitative estimate of drug-likeness (QED) is 0.603. The summed E-state index contributed by atoms with van der Waals surface area (Å²) in [6.45, 7) is 2.78. The summed E-state index contributed by atoms with van der Waals surface area (Å²) < 4.78 is 10.7. The number of ether oxygens (including phenoxy) is 2. The van der Waals surface area contributed by atoms with Crippen molar-refractivity contribution in [2.24, 2.45) is 0 Å². The van der Waals surface area contributed by atoms with E-state index in [-0.39, 0.29) is 12.4 Å². The van der Waals surface area contributed by atoms with Crippen molar-refractivity contribution in [1.29, 1.82) is 0 Å². The molecule has 0 unspecified atom stereocenters. The van der Waals surface area contributed by atoms with E-state index in [1.54, 1.807) is 0 Å². The summed E-state index contributed by atoms with van der Waals surface area (Å²) in [5.74, 6) is 0. The molecule has 0 aliphatic carbocycles. The van der Waals surface area contributed by atoms with Gasteiger partial charge in [0.25, 0.3) is 0 Å². The summed E-state index contributed by atoms with van der Waals surface area (Å²) in [5.41, 5.74) is 0. The summed E-state index contributed by atoms with van der Waals surface area (Å²) in [6.07, 6.45) is 4.31. The standard InChI is InChI=1S/C9H16O3/c1-2-3-4-9-11-6-5-8(7-10)12-9/h7-9H,2-6H2,1H3/t8-,9-/m1/s1. The van der Waals surface area contributed by atoms with E-state index in [1.807, 2.05) is 0 Å². The van der Waals surface area contributed by atoms with Crippen molar-refractivity contribution in [3.63, 3.8) is 0 Å². The van der Waals surface area contributed by atoms with Gasteiger partial charge in [-0.25, -0.2) is 0 Å². The number of unbranched alkanes of at least 4 members (excludes halogenated alkanes) is 1. The maximum atomic E-state index is 10.4. The van der Waals surface area contributed by atoms with Gasteiger partial charge in [-0.3, -0.25) is 0 Å². The average molecular weight is 172 g/mol. The van der Waals surface area contributed by atoms with Crippen LogP contribution in [0.4, 0.5) is 0 Å². The monoisotopic (exact) mass is 172 g/mol. The van der Waals surface area contributed by atoms with Crippen molar-refractivity contribution < 1.29 is 14.3 Å². The van der Waals surface area contributed by atoms with Gasteiger partial charge in [0.15, 0.2) is 6.29 Å². The van der Waals surface area contributed by atoms with Crippen LogP contribution in [0.2, 0.25) is 0 Å². The molecule has 0 radical (unpaired) electrons. The smallest absolute Gasteiger partial charge is 0.158 e. The van der Waals surface area contributed by atoms with E-state index in [0.717, 1.165) is 25.5 Å². The molecule has 1 aliphatic rings. The molecular formula is C9H16O3. The fraction of sp³-hybridized carbons (Fsp3) is 0.889. The molecule has 0 bridgehead atoms. The first-order valence-corrected chi connectivity index (χ1v) is 4.59. The van der Waals surface area contributed by atoms with E-state index < -0.39 is 0 Å². The topological polar surface area (TPSA) is 35.5 Å². The minimum absolute atomic E-state index is 0.145. The van der Waals surface area contributed by atoms with E-state index in [4.69, 9.17) is 9.47 Å². The number of hydrogen-bond acceptors (Lipinski definition) is 3. The maximum Gasteiger partial charge on any atom is 0.158 e. The Labute approximate surface area is 73.0 Å². The zero-order valence-electron chi connectivity index (χ0n) is 7.49. The van der Waals surface area contributed by atoms with Crippen LogP contribution in [0.15, 0.2) is 0 Å². The minimum Gasteiger partial charge on any atom is -0.353 e. The van der Waals surface area contributed by atoms with Crippen LogP contribution in [-0.2, 0) is 14.3 Å². The molecular weight excluding hydrogens is 156 g/mol. The highest BCUT2D eigenvalue weighted by Gasteiger charge is 2.21. The van der Waals surface area contributed by atoms with Crippen LogP contribution in [0.1, 0.15) is 32.6 Å². The highest BCUT2D eigenvalue weighted by Crippen LogP contribution is 2.15. The molecule has 1 saturated heterocycles. The van der Waals surface area contributed by atoms with Gasteiger partial charge >= 0.3 is 0 Å². The van der Waals surface area contributed by atoms with Crippen molar-refractivity contribution in [2.75, 3.05) is 6.61 Å². The highest BCUT2D eigenvalue weighted by molar-refractivity contribution is 5.55. The molecule has 3 heteroatoms. The predicted octanol–water partition coefficient (Wildman–Crippen LogP) is 1.51. The Balaban J connectivity index is 2.20. The van der Waals surface area contributed by atoms with Crippen molar-refractivity contribution in [3.05, 3.63) is 0 Å². The first-order valence-electron chi connectivity index (χ1n) is 4.59. The molecule has 3 nitrogen and oxygen atoms in total. The van der Waals surface area contributed by atoms with E-state index in [2.05, 4.69) is 6.92 Å². The molecule has 0 aromatic heterocycles. The fourth-order valence-electron chi connectivity index (χ4n) is 1.24. The third-order valence-electron chi connectivity index (χ3n) is 1.98. The largest absolute Gasteiger partial charge is 0.353 e. The zero-order valence-corrected chi connectivity index (χ0v) is 7.49. The van der Waals surface area contributed by atoms with Gasteiger partial charge in [-0.05, 0) is 12.8 Å². The first kappa shape index (κ1) is 9.68. The SMILES string of the molecule is CCCC[C@@H]1OCC[C@H](C=O)O1. The van der Waals surface area contributed by atoms with Gasteiger partial charge in [-0.1, -0.05) is 13.3 Å². The summed E-state index contributed by atoms with van der Waals surface area (Å²) in [6, 6.07) is 0. The number of aldehydes is 1. The van der Waals surface area contributed by atoms with Gasteiger partial charge in [-0.15, -0.1) is 0 Å². The molecule has 0 N–H and O–H groups in total. The molecule has 0 spiro atoms. The van der Waals surface area contributed by atoms with Crippen LogP contribution in [0.5, 0.6) is 0 Å². The van der Waals surface area contributed by atoms with Gasteiger partial charge in [0.1, 0.15) is 12.4 Å². The number of carbonyl (C=O) groups is 1. The second-order valence-electron chi connectivity index (χ2n) is 3.04. The van der Waals surface area contributed by atoms with Gasteiger partial charge < -0.3 is 14.3 Å². The summed E-state index contributed by atoms with van der Waals surface area (Å²) in [5, 5.41) is 0. The summed E-state index contributed by atoms with van der Waals surface area (Å²) in [4.78, 5) is 10.4. The number of carbonyl (C=O) groups excluding carboxylic acids is 1. The Morgan fingerprint density at radius 1 is 1.58 bits per heavy atom. The molecule has 1 aliphatic heterocycles. The molecule has 1 rings (SSSR count). The van der Waals surface area contributed by atoms with Crippen molar-refractivity contribution in [3.8, 4) is 0 Å². The molecule has 0 amide bonds. The molecule has 70 valence electrons. The third-order valence-corrected chi connectivity index (χ3v) is 1.98. The second kappa shape index (κ2) is 5.27. The molecule has 1 fully saturated rings. The normalized spacial score (nSPS) is 30.1. The molecule has 1 heterocycles. The lowest BCUT2D eigenvalue weighted by Gasteiger charge is -2.27. The predicted molar refractivity (Wildman–Crippen MR) is 44.8 cm³/mol. The lowest BCUT2D eigenvalue weighted by molar-refractivity contribution is -0.209. The van der Waals surface area contributed by atoms with Crippen LogP contribution in [-0.4, -0.2) is 25.3 Å². The summed E-state index contributed by atoms with van der Waals surface area (Å²) >= 11 is 0. The van der Waals surface area contributed by atoms with Crippen LogP contribution >= 0.6 is 0 Å². The Kier molecular flexibility index (Phi) is 4.25. The Hall–Kier alpha value is -0.410. The molecule has 0 aromatic rings. The Morgan fingerprint density at radius 3 is 3.08 bits per heavy atom. The minimum atomic E-state index is -0.236.